The van der Waals surface area contributed by atoms with Crippen LogP contribution in [0.15, 0.2) is 98.0 Å². The first-order valence-electron chi connectivity index (χ1n) is 12.3. The van der Waals surface area contributed by atoms with Crippen LogP contribution in [0.4, 0.5) is 0 Å². The maximum absolute atomic E-state index is 6.00. The quantitative estimate of drug-likeness (QED) is 0.283. The zero-order chi connectivity index (χ0) is 25.5. The van der Waals surface area contributed by atoms with Crippen molar-refractivity contribution in [1.82, 2.24) is 34.7 Å². The number of rotatable bonds is 6. The second kappa shape index (κ2) is 9.01. The molecule has 5 aromatic heterocycles. The average Bonchev–Trinajstić information content (AvgIpc) is 3.70. The highest BCUT2D eigenvalue weighted by atomic mass is 16.5. The lowest BCUT2D eigenvalue weighted by Gasteiger charge is -2.08. The van der Waals surface area contributed by atoms with Gasteiger partial charge in [-0.15, -0.1) is 0 Å². The first-order chi connectivity index (χ1) is 18.7. The number of H-pyrrole nitrogens is 2. The molecule has 0 radical (unpaired) electrons. The van der Waals surface area contributed by atoms with E-state index in [1.54, 1.807) is 12.5 Å². The van der Waals surface area contributed by atoms with Crippen LogP contribution >= 0.6 is 0 Å². The third kappa shape index (κ3) is 3.98. The Balaban J connectivity index is 1.24. The molecule has 0 saturated heterocycles. The Morgan fingerprint density at radius 3 is 2.61 bits per heavy atom. The first-order valence-corrected chi connectivity index (χ1v) is 12.3. The van der Waals surface area contributed by atoms with Crippen molar-refractivity contribution in [2.75, 3.05) is 0 Å². The molecule has 0 spiro atoms. The van der Waals surface area contributed by atoms with E-state index in [2.05, 4.69) is 48.3 Å². The molecule has 0 unspecified atom stereocenters. The Hall–Kier alpha value is -5.24. The molecule has 5 heterocycles. The number of pyridine rings is 2. The summed E-state index contributed by atoms with van der Waals surface area (Å²) in [6.07, 6.45) is 11.1. The predicted octanol–water partition coefficient (Wildman–Crippen LogP) is 6.24. The second-order valence-electron chi connectivity index (χ2n) is 9.24. The van der Waals surface area contributed by atoms with E-state index < -0.39 is 0 Å². The number of fused-ring (bicyclic) bond motifs is 2. The van der Waals surface area contributed by atoms with E-state index in [0.29, 0.717) is 6.61 Å². The van der Waals surface area contributed by atoms with Gasteiger partial charge in [-0.3, -0.25) is 15.1 Å². The molecule has 2 N–H and O–H groups in total. The lowest BCUT2D eigenvalue weighted by molar-refractivity contribution is 0.305. The van der Waals surface area contributed by atoms with E-state index in [1.165, 1.54) is 0 Å². The van der Waals surface area contributed by atoms with E-state index in [9.17, 15) is 0 Å². The van der Waals surface area contributed by atoms with Gasteiger partial charge in [-0.05, 0) is 42.3 Å². The topological polar surface area (TPSA) is 97.3 Å². The van der Waals surface area contributed by atoms with Crippen molar-refractivity contribution in [2.45, 2.75) is 13.5 Å². The molecule has 7 aromatic rings. The van der Waals surface area contributed by atoms with E-state index in [0.717, 1.165) is 67.0 Å². The van der Waals surface area contributed by atoms with Crippen molar-refractivity contribution in [3.63, 3.8) is 0 Å². The highest BCUT2D eigenvalue weighted by Crippen LogP contribution is 2.33. The maximum Gasteiger partial charge on any atom is 0.138 e. The Kier molecular flexibility index (Phi) is 5.21. The van der Waals surface area contributed by atoms with E-state index in [4.69, 9.17) is 4.74 Å². The molecular weight excluding hydrogens is 474 g/mol. The van der Waals surface area contributed by atoms with Crippen LogP contribution in [0, 0.1) is 6.92 Å². The van der Waals surface area contributed by atoms with Gasteiger partial charge in [0.25, 0.3) is 0 Å². The summed E-state index contributed by atoms with van der Waals surface area (Å²) in [4.78, 5) is 16.7. The summed E-state index contributed by atoms with van der Waals surface area (Å²) in [5.41, 5.74) is 8.68. The van der Waals surface area contributed by atoms with Gasteiger partial charge in [0.2, 0.25) is 0 Å². The van der Waals surface area contributed by atoms with Crippen molar-refractivity contribution in [3.8, 4) is 34.0 Å². The summed E-state index contributed by atoms with van der Waals surface area (Å²) in [6, 6.07) is 20.5. The van der Waals surface area contributed by atoms with Crippen molar-refractivity contribution in [1.29, 1.82) is 0 Å². The van der Waals surface area contributed by atoms with Gasteiger partial charge in [0.05, 0.1) is 53.0 Å². The number of hydrogen-bond acceptors (Lipinski definition) is 5. The molecule has 7 rings (SSSR count). The molecule has 184 valence electrons. The first kappa shape index (κ1) is 22.0. The van der Waals surface area contributed by atoms with Crippen LogP contribution < -0.4 is 4.74 Å². The monoisotopic (exact) mass is 497 g/mol. The van der Waals surface area contributed by atoms with Gasteiger partial charge in [0.15, 0.2) is 0 Å². The van der Waals surface area contributed by atoms with Gasteiger partial charge in [-0.2, -0.15) is 5.10 Å². The Morgan fingerprint density at radius 2 is 1.74 bits per heavy atom. The fraction of sp³-hybridized carbons (Fsp3) is 0.0667. The molecule has 0 aliphatic rings. The fourth-order valence-corrected chi connectivity index (χ4v) is 4.72. The van der Waals surface area contributed by atoms with E-state index in [-0.39, 0.29) is 0 Å². The third-order valence-corrected chi connectivity index (χ3v) is 6.63. The van der Waals surface area contributed by atoms with Crippen LogP contribution in [0.1, 0.15) is 11.3 Å². The van der Waals surface area contributed by atoms with Crippen LogP contribution in [0.2, 0.25) is 0 Å². The van der Waals surface area contributed by atoms with Gasteiger partial charge in [-0.25, -0.2) is 4.98 Å². The van der Waals surface area contributed by atoms with Crippen molar-refractivity contribution in [2.24, 2.45) is 0 Å². The highest BCUT2D eigenvalue weighted by Gasteiger charge is 2.15. The zero-order valence-corrected chi connectivity index (χ0v) is 20.6. The fourth-order valence-electron chi connectivity index (χ4n) is 4.72. The number of hydrogen-bond donors (Lipinski definition) is 2. The van der Waals surface area contributed by atoms with Gasteiger partial charge in [0, 0.05) is 28.7 Å². The van der Waals surface area contributed by atoms with Gasteiger partial charge < -0.3 is 14.3 Å². The minimum absolute atomic E-state index is 0.493. The minimum atomic E-state index is 0.493. The molecule has 0 atom stereocenters. The van der Waals surface area contributed by atoms with Crippen LogP contribution in [-0.4, -0.2) is 34.7 Å². The van der Waals surface area contributed by atoms with Crippen LogP contribution in [-0.2, 0) is 6.61 Å². The minimum Gasteiger partial charge on any atom is -0.487 e. The Bertz CT molecular complexity index is 1900. The van der Waals surface area contributed by atoms with Gasteiger partial charge in [0.1, 0.15) is 18.1 Å². The summed E-state index contributed by atoms with van der Waals surface area (Å²) in [5.74, 6) is 0.726. The predicted molar refractivity (Wildman–Crippen MR) is 147 cm³/mol. The summed E-state index contributed by atoms with van der Waals surface area (Å²) >= 11 is 0. The van der Waals surface area contributed by atoms with Crippen LogP contribution in [0.3, 0.4) is 0 Å². The summed E-state index contributed by atoms with van der Waals surface area (Å²) in [7, 11) is 0. The lowest BCUT2D eigenvalue weighted by Crippen LogP contribution is -1.95. The van der Waals surface area contributed by atoms with Gasteiger partial charge in [-0.1, -0.05) is 36.4 Å². The second-order valence-corrected chi connectivity index (χ2v) is 9.24. The van der Waals surface area contributed by atoms with Crippen LogP contribution in [0.5, 0.6) is 5.75 Å². The molecule has 0 saturated carbocycles. The van der Waals surface area contributed by atoms with E-state index in [1.807, 2.05) is 78.7 Å². The standard InChI is InChI=1S/C30H23N7O/c1-19-16-37(18-33-19)29-15-32-14-28-24(29)11-27(34-28)30-25-10-21(7-8-26(25)35-36-30)22-9-23(13-31-12-22)38-17-20-5-3-2-4-6-20/h2-16,18,34H,17H2,1H3,(H,35,36). The third-order valence-electron chi connectivity index (χ3n) is 6.63. The Morgan fingerprint density at radius 1 is 0.842 bits per heavy atom. The molecule has 0 amide bonds. The number of aromatic amines is 2. The number of nitrogens with zero attached hydrogens (tertiary/aromatic N) is 5. The average molecular weight is 498 g/mol. The molecule has 0 fully saturated rings. The molecule has 0 bridgehead atoms. The molecule has 2 aromatic carbocycles. The SMILES string of the molecule is Cc1cn(-c2cncc3[nH]c(-c4n[nH]c5ccc(-c6cncc(OCc7ccccc7)c6)cc45)cc23)cn1. The van der Waals surface area contributed by atoms with Gasteiger partial charge >= 0.3 is 0 Å². The molecule has 0 aliphatic carbocycles. The summed E-state index contributed by atoms with van der Waals surface area (Å²) < 4.78 is 7.99. The molecule has 8 heteroatoms. The summed E-state index contributed by atoms with van der Waals surface area (Å²) in [6.45, 7) is 2.47. The largest absolute Gasteiger partial charge is 0.487 e. The number of aryl methyl sites for hydroxylation is 1. The lowest BCUT2D eigenvalue weighted by atomic mass is 10.0. The normalized spacial score (nSPS) is 11.4. The molecule has 8 nitrogen and oxygen atoms in total. The van der Waals surface area contributed by atoms with Crippen molar-refractivity contribution >= 4 is 21.8 Å². The van der Waals surface area contributed by atoms with Crippen molar-refractivity contribution < 1.29 is 4.74 Å². The summed E-state index contributed by atoms with van der Waals surface area (Å²) in [5, 5.41) is 9.87. The molecule has 0 aliphatic heterocycles. The van der Waals surface area contributed by atoms with Crippen molar-refractivity contribution in [3.05, 3.63) is 109 Å². The molecule has 38 heavy (non-hydrogen) atoms. The Labute approximate surface area is 218 Å². The smallest absolute Gasteiger partial charge is 0.138 e. The highest BCUT2D eigenvalue weighted by molar-refractivity contribution is 5.99. The van der Waals surface area contributed by atoms with E-state index >= 15 is 0 Å². The maximum atomic E-state index is 6.00. The number of nitrogens with one attached hydrogen (secondary N) is 2. The number of benzene rings is 2. The van der Waals surface area contributed by atoms with Crippen LogP contribution in [0.25, 0.3) is 50.0 Å². The number of imidazole rings is 1. The molecular formula is C30H23N7O. The number of ether oxygens (including phenoxy) is 1. The zero-order valence-electron chi connectivity index (χ0n) is 20.6. The number of aromatic nitrogens is 7.